The Morgan fingerprint density at radius 1 is 1.40 bits per heavy atom. The highest BCUT2D eigenvalue weighted by Gasteiger charge is 2.48. The van der Waals surface area contributed by atoms with E-state index in [1.807, 2.05) is 0 Å². The van der Waals surface area contributed by atoms with E-state index in [4.69, 9.17) is 14.2 Å². The van der Waals surface area contributed by atoms with Crippen molar-refractivity contribution in [2.75, 3.05) is 14.2 Å². The summed E-state index contributed by atoms with van der Waals surface area (Å²) in [5, 5.41) is 0. The number of hydrogen-bond acceptors (Lipinski definition) is 3. The van der Waals surface area contributed by atoms with Crippen molar-refractivity contribution in [3.63, 3.8) is 0 Å². The van der Waals surface area contributed by atoms with E-state index in [1.165, 1.54) is 17.6 Å². The molecule has 0 aromatic heterocycles. The minimum atomic E-state index is -0.498. The quantitative estimate of drug-likeness (QED) is 0.658. The highest BCUT2D eigenvalue weighted by molar-refractivity contribution is 5.29. The Bertz CT molecular complexity index is 285. The molecule has 1 fully saturated rings. The molecule has 3 atom stereocenters. The van der Waals surface area contributed by atoms with Gasteiger partial charge in [0, 0.05) is 20.6 Å². The zero-order chi connectivity index (χ0) is 11.1. The molecule has 0 amide bonds. The maximum atomic E-state index is 5.92. The molecule has 1 aliphatic carbocycles. The summed E-state index contributed by atoms with van der Waals surface area (Å²) in [4.78, 5) is 0. The lowest BCUT2D eigenvalue weighted by Gasteiger charge is -2.37. The number of rotatable bonds is 2. The summed E-state index contributed by atoms with van der Waals surface area (Å²) in [6.07, 6.45) is 3.01. The van der Waals surface area contributed by atoms with Crippen molar-refractivity contribution < 1.29 is 14.2 Å². The van der Waals surface area contributed by atoms with Crippen LogP contribution in [-0.4, -0.2) is 26.3 Å². The fourth-order valence-electron chi connectivity index (χ4n) is 2.77. The van der Waals surface area contributed by atoms with Crippen molar-refractivity contribution in [1.82, 2.24) is 0 Å². The van der Waals surface area contributed by atoms with Crippen molar-refractivity contribution >= 4 is 0 Å². The van der Waals surface area contributed by atoms with E-state index >= 15 is 0 Å². The molecule has 0 bridgehead atoms. The van der Waals surface area contributed by atoms with Gasteiger partial charge in [0.15, 0.2) is 12.1 Å². The van der Waals surface area contributed by atoms with Gasteiger partial charge in [0.2, 0.25) is 0 Å². The second kappa shape index (κ2) is 3.89. The highest BCUT2D eigenvalue weighted by atomic mass is 16.8. The molecule has 15 heavy (non-hydrogen) atoms. The third kappa shape index (κ3) is 1.63. The Morgan fingerprint density at radius 2 is 2.13 bits per heavy atom. The van der Waals surface area contributed by atoms with Crippen LogP contribution in [0.25, 0.3) is 0 Å². The topological polar surface area (TPSA) is 27.7 Å². The van der Waals surface area contributed by atoms with Crippen molar-refractivity contribution in [2.45, 2.75) is 45.2 Å². The molecule has 1 aliphatic heterocycles. The van der Waals surface area contributed by atoms with E-state index in [2.05, 4.69) is 13.8 Å². The first-order valence-corrected chi connectivity index (χ1v) is 5.59. The van der Waals surface area contributed by atoms with Crippen LogP contribution in [0.3, 0.4) is 0 Å². The average molecular weight is 212 g/mol. The third-order valence-electron chi connectivity index (χ3n) is 3.63. The molecule has 86 valence electrons. The molecule has 0 aromatic rings. The Balaban J connectivity index is 2.31. The fourth-order valence-corrected chi connectivity index (χ4v) is 2.77. The molecule has 0 aromatic carbocycles. The van der Waals surface area contributed by atoms with Crippen LogP contribution in [-0.2, 0) is 14.2 Å². The highest BCUT2D eigenvalue weighted by Crippen LogP contribution is 2.47. The monoisotopic (exact) mass is 212 g/mol. The van der Waals surface area contributed by atoms with Crippen LogP contribution in [0.15, 0.2) is 11.1 Å². The van der Waals surface area contributed by atoms with Crippen LogP contribution in [0.1, 0.15) is 33.1 Å². The second-order valence-corrected chi connectivity index (χ2v) is 4.65. The summed E-state index contributed by atoms with van der Waals surface area (Å²) >= 11 is 0. The van der Waals surface area contributed by atoms with Gasteiger partial charge in [-0.25, -0.2) is 0 Å². The van der Waals surface area contributed by atoms with Crippen LogP contribution in [0.5, 0.6) is 0 Å². The first-order valence-electron chi connectivity index (χ1n) is 5.59. The Hall–Kier alpha value is -0.380. The van der Waals surface area contributed by atoms with Crippen LogP contribution in [0, 0.1) is 5.92 Å². The van der Waals surface area contributed by atoms with E-state index < -0.39 is 5.79 Å². The SMILES string of the molecule is COC1OC2(OC)CC(C)CCC2=C1C. The molecular formula is C12H20O3. The first-order chi connectivity index (χ1) is 7.13. The summed E-state index contributed by atoms with van der Waals surface area (Å²) in [6, 6.07) is 0. The number of fused-ring (bicyclic) bond motifs is 1. The van der Waals surface area contributed by atoms with E-state index in [0.29, 0.717) is 5.92 Å². The zero-order valence-electron chi connectivity index (χ0n) is 10.0. The van der Waals surface area contributed by atoms with Gasteiger partial charge in [0.1, 0.15) is 0 Å². The zero-order valence-corrected chi connectivity index (χ0v) is 10.0. The van der Waals surface area contributed by atoms with Gasteiger partial charge in [-0.3, -0.25) is 0 Å². The van der Waals surface area contributed by atoms with E-state index in [9.17, 15) is 0 Å². The number of hydrogen-bond donors (Lipinski definition) is 0. The average Bonchev–Trinajstić information content (AvgIpc) is 2.52. The number of methoxy groups -OCH3 is 2. The predicted octanol–water partition coefficient (Wildman–Crippen LogP) is 2.47. The standard InChI is InChI=1S/C12H20O3/c1-8-5-6-10-9(2)11(13-3)15-12(10,7-8)14-4/h8,11H,5-7H2,1-4H3. The Morgan fingerprint density at radius 3 is 2.73 bits per heavy atom. The van der Waals surface area contributed by atoms with Crippen molar-refractivity contribution in [3.05, 3.63) is 11.1 Å². The normalized spacial score (nSPS) is 40.8. The second-order valence-electron chi connectivity index (χ2n) is 4.65. The van der Waals surface area contributed by atoms with Gasteiger partial charge in [-0.05, 0) is 36.8 Å². The van der Waals surface area contributed by atoms with E-state index in [-0.39, 0.29) is 6.29 Å². The van der Waals surface area contributed by atoms with E-state index in [0.717, 1.165) is 12.8 Å². The summed E-state index contributed by atoms with van der Waals surface area (Å²) in [5.74, 6) is 0.153. The Labute approximate surface area is 91.4 Å². The lowest BCUT2D eigenvalue weighted by molar-refractivity contribution is -0.259. The molecule has 0 radical (unpaired) electrons. The third-order valence-corrected chi connectivity index (χ3v) is 3.63. The molecular weight excluding hydrogens is 192 g/mol. The molecule has 2 rings (SSSR count). The van der Waals surface area contributed by atoms with Gasteiger partial charge in [-0.1, -0.05) is 6.92 Å². The lowest BCUT2D eigenvalue weighted by atomic mass is 9.81. The van der Waals surface area contributed by atoms with Gasteiger partial charge in [0.05, 0.1) is 0 Å². The van der Waals surface area contributed by atoms with Gasteiger partial charge in [0.25, 0.3) is 0 Å². The lowest BCUT2D eigenvalue weighted by Crippen LogP contribution is -2.40. The van der Waals surface area contributed by atoms with Crippen molar-refractivity contribution in [1.29, 1.82) is 0 Å². The van der Waals surface area contributed by atoms with Crippen molar-refractivity contribution in [2.24, 2.45) is 5.92 Å². The Kier molecular flexibility index (Phi) is 2.88. The molecule has 3 heteroatoms. The van der Waals surface area contributed by atoms with Crippen LogP contribution in [0.4, 0.5) is 0 Å². The molecule has 0 saturated heterocycles. The maximum absolute atomic E-state index is 5.92. The van der Waals surface area contributed by atoms with Gasteiger partial charge in [-0.2, -0.15) is 0 Å². The largest absolute Gasteiger partial charge is 0.352 e. The molecule has 1 heterocycles. The maximum Gasteiger partial charge on any atom is 0.194 e. The summed E-state index contributed by atoms with van der Waals surface area (Å²) in [6.45, 7) is 4.33. The summed E-state index contributed by atoms with van der Waals surface area (Å²) in [7, 11) is 3.40. The molecule has 3 unspecified atom stereocenters. The minimum absolute atomic E-state index is 0.217. The van der Waals surface area contributed by atoms with Gasteiger partial charge in [-0.15, -0.1) is 0 Å². The summed E-state index contributed by atoms with van der Waals surface area (Å²) in [5.41, 5.74) is 2.50. The summed E-state index contributed by atoms with van der Waals surface area (Å²) < 4.78 is 16.8. The van der Waals surface area contributed by atoms with Crippen LogP contribution >= 0.6 is 0 Å². The fraction of sp³-hybridized carbons (Fsp3) is 0.833. The van der Waals surface area contributed by atoms with Crippen LogP contribution in [0.2, 0.25) is 0 Å². The van der Waals surface area contributed by atoms with Crippen LogP contribution < -0.4 is 0 Å². The number of ether oxygens (including phenoxy) is 3. The smallest absolute Gasteiger partial charge is 0.194 e. The van der Waals surface area contributed by atoms with Gasteiger partial charge < -0.3 is 14.2 Å². The molecule has 2 aliphatic rings. The minimum Gasteiger partial charge on any atom is -0.352 e. The predicted molar refractivity (Wildman–Crippen MR) is 57.3 cm³/mol. The van der Waals surface area contributed by atoms with Gasteiger partial charge >= 0.3 is 0 Å². The molecule has 3 nitrogen and oxygen atoms in total. The molecule has 0 N–H and O–H groups in total. The first kappa shape index (κ1) is 11.1. The molecule has 0 spiro atoms. The van der Waals surface area contributed by atoms with E-state index in [1.54, 1.807) is 14.2 Å². The van der Waals surface area contributed by atoms with Crippen molar-refractivity contribution in [3.8, 4) is 0 Å². The molecule has 1 saturated carbocycles.